The van der Waals surface area contributed by atoms with Gasteiger partial charge < -0.3 is 5.11 Å². The minimum absolute atomic E-state index is 0.0989. The van der Waals surface area contributed by atoms with Gasteiger partial charge in [-0.15, -0.1) is 0 Å². The van der Waals surface area contributed by atoms with Crippen molar-refractivity contribution >= 4 is 11.6 Å². The Bertz CT molecular complexity index is 782. The first kappa shape index (κ1) is 11.3. The van der Waals surface area contributed by atoms with E-state index < -0.39 is 5.97 Å². The fourth-order valence-corrected chi connectivity index (χ4v) is 1.82. The number of rotatable bonds is 2. The number of halogens is 1. The lowest BCUT2D eigenvalue weighted by Gasteiger charge is -2.02. The second-order valence-corrected chi connectivity index (χ2v) is 3.96. The zero-order chi connectivity index (χ0) is 13.4. The largest absolute Gasteiger partial charge is 0.476 e. The standard InChI is InChI=1S/C13H8FN3O2/c14-10-4-2-1-3-9(10)8-6-15-12-5-11(13(18)19)16-17(12)7-8/h1-7H,(H,18,19). The van der Waals surface area contributed by atoms with E-state index in [1.165, 1.54) is 22.8 Å². The number of nitrogens with zero attached hydrogens (tertiary/aromatic N) is 3. The third-order valence-corrected chi connectivity index (χ3v) is 2.72. The zero-order valence-electron chi connectivity index (χ0n) is 9.62. The van der Waals surface area contributed by atoms with Crippen LogP contribution in [0.3, 0.4) is 0 Å². The Labute approximate surface area is 107 Å². The monoisotopic (exact) mass is 257 g/mol. The lowest BCUT2D eigenvalue weighted by atomic mass is 10.1. The molecule has 0 spiro atoms. The first-order valence-electron chi connectivity index (χ1n) is 5.49. The second-order valence-electron chi connectivity index (χ2n) is 3.96. The molecule has 2 heterocycles. The van der Waals surface area contributed by atoms with Crippen molar-refractivity contribution < 1.29 is 14.3 Å². The highest BCUT2D eigenvalue weighted by molar-refractivity contribution is 5.86. The molecule has 0 amide bonds. The van der Waals surface area contributed by atoms with Crippen molar-refractivity contribution in [3.8, 4) is 11.1 Å². The summed E-state index contributed by atoms with van der Waals surface area (Å²) in [5, 5.41) is 12.7. The predicted molar refractivity (Wildman–Crippen MR) is 65.3 cm³/mol. The number of carbonyl (C=O) groups is 1. The van der Waals surface area contributed by atoms with Crippen LogP contribution in [0.1, 0.15) is 10.5 Å². The van der Waals surface area contributed by atoms with Crippen LogP contribution in [0.25, 0.3) is 16.8 Å². The number of hydrogen-bond donors (Lipinski definition) is 1. The maximum atomic E-state index is 13.7. The van der Waals surface area contributed by atoms with Gasteiger partial charge in [0.2, 0.25) is 0 Å². The smallest absolute Gasteiger partial charge is 0.356 e. The number of hydrogen-bond acceptors (Lipinski definition) is 3. The van der Waals surface area contributed by atoms with Gasteiger partial charge in [-0.2, -0.15) is 5.10 Å². The van der Waals surface area contributed by atoms with Crippen LogP contribution >= 0.6 is 0 Å². The first-order chi connectivity index (χ1) is 9.15. The summed E-state index contributed by atoms with van der Waals surface area (Å²) in [7, 11) is 0. The summed E-state index contributed by atoms with van der Waals surface area (Å²) >= 11 is 0. The third kappa shape index (κ3) is 1.93. The van der Waals surface area contributed by atoms with Gasteiger partial charge in [0, 0.05) is 29.6 Å². The molecule has 1 aromatic carbocycles. The Balaban J connectivity index is 2.16. The second kappa shape index (κ2) is 4.16. The molecule has 94 valence electrons. The Morgan fingerprint density at radius 2 is 2.11 bits per heavy atom. The number of aromatic nitrogens is 3. The number of carboxylic acid groups (broad SMARTS) is 1. The maximum absolute atomic E-state index is 13.7. The van der Waals surface area contributed by atoms with E-state index in [1.807, 2.05) is 0 Å². The first-order valence-corrected chi connectivity index (χ1v) is 5.49. The van der Waals surface area contributed by atoms with Crippen molar-refractivity contribution in [3.05, 3.63) is 54.2 Å². The van der Waals surface area contributed by atoms with Crippen LogP contribution in [-0.2, 0) is 0 Å². The third-order valence-electron chi connectivity index (χ3n) is 2.72. The lowest BCUT2D eigenvalue weighted by Crippen LogP contribution is -1.98. The Kier molecular flexibility index (Phi) is 2.49. The van der Waals surface area contributed by atoms with Gasteiger partial charge in [0.05, 0.1) is 0 Å². The summed E-state index contributed by atoms with van der Waals surface area (Å²) in [6, 6.07) is 7.65. The van der Waals surface area contributed by atoms with Crippen LogP contribution in [-0.4, -0.2) is 25.7 Å². The zero-order valence-corrected chi connectivity index (χ0v) is 9.62. The van der Waals surface area contributed by atoms with E-state index in [4.69, 9.17) is 5.11 Å². The minimum Gasteiger partial charge on any atom is -0.476 e. The molecule has 0 saturated carbocycles. The summed E-state index contributed by atoms with van der Waals surface area (Å²) in [6.45, 7) is 0. The van der Waals surface area contributed by atoms with Gasteiger partial charge in [0.1, 0.15) is 5.82 Å². The van der Waals surface area contributed by atoms with Crippen molar-refractivity contribution in [3.63, 3.8) is 0 Å². The van der Waals surface area contributed by atoms with Gasteiger partial charge in [-0.25, -0.2) is 18.7 Å². The SMILES string of the molecule is O=C(O)c1cc2ncc(-c3ccccc3F)cn2n1. The Morgan fingerprint density at radius 3 is 2.84 bits per heavy atom. The highest BCUT2D eigenvalue weighted by Crippen LogP contribution is 2.21. The van der Waals surface area contributed by atoms with E-state index in [0.29, 0.717) is 16.8 Å². The molecule has 0 fully saturated rings. The van der Waals surface area contributed by atoms with E-state index in [-0.39, 0.29) is 11.5 Å². The molecule has 19 heavy (non-hydrogen) atoms. The van der Waals surface area contributed by atoms with Crippen LogP contribution < -0.4 is 0 Å². The van der Waals surface area contributed by atoms with Crippen molar-refractivity contribution in [1.82, 2.24) is 14.6 Å². The fourth-order valence-electron chi connectivity index (χ4n) is 1.82. The summed E-state index contributed by atoms with van der Waals surface area (Å²) in [6.07, 6.45) is 3.04. The van der Waals surface area contributed by atoms with Crippen molar-refractivity contribution in [1.29, 1.82) is 0 Å². The summed E-state index contributed by atoms with van der Waals surface area (Å²) in [5.74, 6) is -1.49. The molecule has 0 aliphatic heterocycles. The van der Waals surface area contributed by atoms with E-state index in [1.54, 1.807) is 24.4 Å². The lowest BCUT2D eigenvalue weighted by molar-refractivity contribution is 0.0690. The molecular formula is C13H8FN3O2. The number of benzene rings is 1. The quantitative estimate of drug-likeness (QED) is 0.764. The topological polar surface area (TPSA) is 67.5 Å². The number of carboxylic acids is 1. The van der Waals surface area contributed by atoms with Crippen LogP contribution in [0.4, 0.5) is 4.39 Å². The average Bonchev–Trinajstić information content (AvgIpc) is 2.82. The van der Waals surface area contributed by atoms with E-state index in [2.05, 4.69) is 10.1 Å². The number of fused-ring (bicyclic) bond motifs is 1. The van der Waals surface area contributed by atoms with E-state index in [0.717, 1.165) is 0 Å². The van der Waals surface area contributed by atoms with Gasteiger partial charge in [-0.3, -0.25) is 0 Å². The molecule has 5 nitrogen and oxygen atoms in total. The molecule has 0 saturated heterocycles. The average molecular weight is 257 g/mol. The molecule has 0 unspecified atom stereocenters. The van der Waals surface area contributed by atoms with Crippen LogP contribution in [0.2, 0.25) is 0 Å². The van der Waals surface area contributed by atoms with E-state index in [9.17, 15) is 9.18 Å². The van der Waals surface area contributed by atoms with Crippen LogP contribution in [0.5, 0.6) is 0 Å². The number of aromatic carboxylic acids is 1. The molecule has 1 N–H and O–H groups in total. The van der Waals surface area contributed by atoms with Crippen molar-refractivity contribution in [2.45, 2.75) is 0 Å². The molecule has 0 radical (unpaired) electrons. The van der Waals surface area contributed by atoms with Crippen LogP contribution in [0, 0.1) is 5.82 Å². The predicted octanol–water partition coefficient (Wildman–Crippen LogP) is 2.23. The molecule has 6 heteroatoms. The molecule has 3 rings (SSSR count). The Hall–Kier alpha value is -2.76. The van der Waals surface area contributed by atoms with Crippen molar-refractivity contribution in [2.75, 3.05) is 0 Å². The van der Waals surface area contributed by atoms with Crippen LogP contribution in [0.15, 0.2) is 42.7 Å². The van der Waals surface area contributed by atoms with Gasteiger partial charge in [-0.1, -0.05) is 18.2 Å². The highest BCUT2D eigenvalue weighted by atomic mass is 19.1. The van der Waals surface area contributed by atoms with Gasteiger partial charge in [-0.05, 0) is 6.07 Å². The maximum Gasteiger partial charge on any atom is 0.356 e. The normalized spacial score (nSPS) is 10.8. The van der Waals surface area contributed by atoms with E-state index >= 15 is 0 Å². The van der Waals surface area contributed by atoms with Gasteiger partial charge in [0.25, 0.3) is 0 Å². The molecule has 2 aromatic heterocycles. The molecule has 0 aliphatic rings. The summed E-state index contributed by atoms with van der Waals surface area (Å²) < 4.78 is 15.0. The van der Waals surface area contributed by atoms with Gasteiger partial charge >= 0.3 is 5.97 Å². The minimum atomic E-state index is -1.13. The van der Waals surface area contributed by atoms with Crippen molar-refractivity contribution in [2.24, 2.45) is 0 Å². The molecule has 0 aliphatic carbocycles. The van der Waals surface area contributed by atoms with Gasteiger partial charge in [0.15, 0.2) is 11.3 Å². The fraction of sp³-hybridized carbons (Fsp3) is 0. The Morgan fingerprint density at radius 1 is 1.32 bits per heavy atom. The molecular weight excluding hydrogens is 249 g/mol. The summed E-state index contributed by atoms with van der Waals surface area (Å²) in [4.78, 5) is 14.9. The molecule has 0 atom stereocenters. The molecule has 3 aromatic rings. The summed E-state index contributed by atoms with van der Waals surface area (Å²) in [5.41, 5.74) is 1.23. The highest BCUT2D eigenvalue weighted by Gasteiger charge is 2.11. The molecule has 0 bridgehead atoms.